The van der Waals surface area contributed by atoms with E-state index in [1.54, 1.807) is 23.5 Å². The van der Waals surface area contributed by atoms with E-state index in [-0.39, 0.29) is 24.8 Å². The summed E-state index contributed by atoms with van der Waals surface area (Å²) in [6, 6.07) is 14.6. The second-order valence-corrected chi connectivity index (χ2v) is 8.71. The Morgan fingerprint density at radius 3 is 2.58 bits per heavy atom. The van der Waals surface area contributed by atoms with Gasteiger partial charge in [0.1, 0.15) is 6.04 Å². The summed E-state index contributed by atoms with van der Waals surface area (Å²) in [5, 5.41) is 13.1. The molecule has 0 spiro atoms. The topological polar surface area (TPSA) is 82.5 Å². The summed E-state index contributed by atoms with van der Waals surface area (Å²) >= 11 is 1.60. The van der Waals surface area contributed by atoms with Gasteiger partial charge >= 0.3 is 0 Å². The van der Waals surface area contributed by atoms with Gasteiger partial charge in [0.15, 0.2) is 0 Å². The Morgan fingerprint density at radius 2 is 1.90 bits per heavy atom. The Hall–Kier alpha value is -3.03. The molecule has 2 aromatic carbocycles. The number of aliphatic hydroxyl groups is 1. The molecule has 1 fully saturated rings. The van der Waals surface area contributed by atoms with E-state index in [2.05, 4.69) is 10.3 Å². The first-order valence-corrected chi connectivity index (χ1v) is 11.1. The summed E-state index contributed by atoms with van der Waals surface area (Å²) in [4.78, 5) is 32.8. The van der Waals surface area contributed by atoms with Crippen LogP contribution in [-0.2, 0) is 11.3 Å². The molecule has 0 saturated carbocycles. The number of aryl methyl sites for hydroxylation is 2. The van der Waals surface area contributed by atoms with Crippen molar-refractivity contribution in [2.24, 2.45) is 0 Å². The van der Waals surface area contributed by atoms with Gasteiger partial charge in [0.05, 0.1) is 22.2 Å². The summed E-state index contributed by atoms with van der Waals surface area (Å²) in [6.45, 7) is 4.38. The van der Waals surface area contributed by atoms with E-state index in [4.69, 9.17) is 0 Å². The third-order valence-electron chi connectivity index (χ3n) is 5.65. The predicted octanol–water partition coefficient (Wildman–Crippen LogP) is 3.32. The maximum atomic E-state index is 13.0. The number of carbonyl (C=O) groups is 2. The third-order valence-corrected chi connectivity index (χ3v) is 6.62. The van der Waals surface area contributed by atoms with Crippen molar-refractivity contribution in [3.05, 3.63) is 76.4 Å². The molecule has 2 atom stereocenters. The van der Waals surface area contributed by atoms with Gasteiger partial charge in [-0.15, -0.1) is 11.3 Å². The Morgan fingerprint density at radius 1 is 1.16 bits per heavy atom. The van der Waals surface area contributed by atoms with Crippen molar-refractivity contribution in [3.8, 4) is 10.4 Å². The summed E-state index contributed by atoms with van der Waals surface area (Å²) in [6.07, 6.45) is -0.460. The van der Waals surface area contributed by atoms with Crippen LogP contribution in [0.5, 0.6) is 0 Å². The fraction of sp³-hybridized carbons (Fsp3) is 0.292. The van der Waals surface area contributed by atoms with E-state index in [1.807, 2.05) is 55.8 Å². The van der Waals surface area contributed by atoms with Gasteiger partial charge in [0.25, 0.3) is 5.91 Å². The smallest absolute Gasteiger partial charge is 0.254 e. The fourth-order valence-corrected chi connectivity index (χ4v) is 4.73. The van der Waals surface area contributed by atoms with Crippen LogP contribution in [0.25, 0.3) is 10.4 Å². The van der Waals surface area contributed by atoms with Crippen molar-refractivity contribution in [2.45, 2.75) is 39.0 Å². The Labute approximate surface area is 185 Å². The van der Waals surface area contributed by atoms with Crippen LogP contribution in [0.3, 0.4) is 0 Å². The van der Waals surface area contributed by atoms with Crippen LogP contribution in [0.1, 0.15) is 33.6 Å². The molecule has 31 heavy (non-hydrogen) atoms. The molecule has 1 saturated heterocycles. The fourth-order valence-electron chi connectivity index (χ4n) is 3.91. The zero-order valence-corrected chi connectivity index (χ0v) is 18.4. The number of carbonyl (C=O) groups excluding carboxylic acids is 2. The molecular weight excluding hydrogens is 410 g/mol. The zero-order valence-electron chi connectivity index (χ0n) is 17.5. The largest absolute Gasteiger partial charge is 0.391 e. The maximum Gasteiger partial charge on any atom is 0.254 e. The molecule has 6 nitrogen and oxygen atoms in total. The number of hydrogen-bond donors (Lipinski definition) is 2. The third kappa shape index (κ3) is 4.52. The van der Waals surface area contributed by atoms with Crippen molar-refractivity contribution >= 4 is 23.2 Å². The van der Waals surface area contributed by atoms with Crippen LogP contribution >= 0.6 is 11.3 Å². The van der Waals surface area contributed by atoms with E-state index in [0.29, 0.717) is 12.1 Å². The van der Waals surface area contributed by atoms with Crippen LogP contribution in [0.2, 0.25) is 0 Å². The van der Waals surface area contributed by atoms with Crippen LogP contribution in [0.4, 0.5) is 0 Å². The highest BCUT2D eigenvalue weighted by Crippen LogP contribution is 2.27. The van der Waals surface area contributed by atoms with Crippen molar-refractivity contribution in [1.82, 2.24) is 15.2 Å². The van der Waals surface area contributed by atoms with E-state index in [0.717, 1.165) is 27.3 Å². The first kappa shape index (κ1) is 21.2. The van der Waals surface area contributed by atoms with Crippen LogP contribution in [0, 0.1) is 13.8 Å². The summed E-state index contributed by atoms with van der Waals surface area (Å²) in [7, 11) is 0. The minimum absolute atomic E-state index is 0.161. The number of amides is 2. The quantitative estimate of drug-likeness (QED) is 0.644. The second kappa shape index (κ2) is 8.99. The number of likely N-dealkylation sites (tertiary alicyclic amines) is 1. The number of rotatable bonds is 5. The summed E-state index contributed by atoms with van der Waals surface area (Å²) in [5.74, 6) is -0.472. The molecule has 7 heteroatoms. The summed E-state index contributed by atoms with van der Waals surface area (Å²) in [5.41, 5.74) is 6.31. The lowest BCUT2D eigenvalue weighted by atomic mass is 10.1. The minimum atomic E-state index is -0.703. The highest BCUT2D eigenvalue weighted by Gasteiger charge is 2.39. The molecule has 160 valence electrons. The minimum Gasteiger partial charge on any atom is -0.391 e. The maximum absolute atomic E-state index is 13.0. The molecule has 2 amide bonds. The molecule has 3 aromatic rings. The van der Waals surface area contributed by atoms with Gasteiger partial charge in [-0.25, -0.2) is 4.98 Å². The van der Waals surface area contributed by atoms with Gasteiger partial charge < -0.3 is 15.3 Å². The zero-order chi connectivity index (χ0) is 22.0. The number of hydrogen-bond acceptors (Lipinski definition) is 5. The Bertz CT molecular complexity index is 1090. The van der Waals surface area contributed by atoms with Gasteiger partial charge in [-0.05, 0) is 36.6 Å². The molecule has 1 aliphatic rings. The average Bonchev–Trinajstić information content (AvgIpc) is 3.38. The van der Waals surface area contributed by atoms with Crippen molar-refractivity contribution in [1.29, 1.82) is 0 Å². The SMILES string of the molecule is Cc1ccccc1C(=O)N1C[C@H](O)C[C@H]1C(=O)NCc1ccc(-c2scnc2C)cc1. The lowest BCUT2D eigenvalue weighted by Gasteiger charge is -2.24. The average molecular weight is 436 g/mol. The number of benzene rings is 2. The van der Waals surface area contributed by atoms with Gasteiger partial charge in [0, 0.05) is 25.1 Å². The molecule has 0 aliphatic carbocycles. The lowest BCUT2D eigenvalue weighted by molar-refractivity contribution is -0.125. The normalized spacial score (nSPS) is 18.2. The van der Waals surface area contributed by atoms with Gasteiger partial charge in [-0.2, -0.15) is 0 Å². The van der Waals surface area contributed by atoms with Gasteiger partial charge in [-0.3, -0.25) is 9.59 Å². The molecule has 2 heterocycles. The summed E-state index contributed by atoms with van der Waals surface area (Å²) < 4.78 is 0. The van der Waals surface area contributed by atoms with Crippen molar-refractivity contribution in [2.75, 3.05) is 6.54 Å². The highest BCUT2D eigenvalue weighted by molar-refractivity contribution is 7.13. The first-order chi connectivity index (χ1) is 14.9. The molecule has 2 N–H and O–H groups in total. The standard InChI is InChI=1S/C24H25N3O3S/c1-15-5-3-4-6-20(15)24(30)27-13-19(28)11-21(27)23(29)25-12-17-7-9-18(10-8-17)22-16(2)26-14-31-22/h3-10,14,19,21,28H,11-13H2,1-2H3,(H,25,29)/t19-,21+/m1/s1. The van der Waals surface area contributed by atoms with E-state index in [1.165, 1.54) is 4.90 Å². The molecule has 1 aliphatic heterocycles. The van der Waals surface area contributed by atoms with Gasteiger partial charge in [0.2, 0.25) is 5.91 Å². The molecule has 1 aromatic heterocycles. The first-order valence-electron chi connectivity index (χ1n) is 10.3. The van der Waals surface area contributed by atoms with Crippen LogP contribution < -0.4 is 5.32 Å². The van der Waals surface area contributed by atoms with Crippen LogP contribution in [-0.4, -0.2) is 45.5 Å². The monoisotopic (exact) mass is 435 g/mol. The highest BCUT2D eigenvalue weighted by atomic mass is 32.1. The predicted molar refractivity (Wildman–Crippen MR) is 121 cm³/mol. The van der Waals surface area contributed by atoms with E-state index < -0.39 is 12.1 Å². The number of thiazole rings is 1. The van der Waals surface area contributed by atoms with Gasteiger partial charge in [-0.1, -0.05) is 42.5 Å². The second-order valence-electron chi connectivity index (χ2n) is 7.86. The molecule has 0 unspecified atom stereocenters. The molecule has 0 radical (unpaired) electrons. The number of aliphatic hydroxyl groups excluding tert-OH is 1. The number of β-amino-alcohol motifs (C(OH)–C–C–N with tert-alkyl or cyclic N) is 1. The van der Waals surface area contributed by atoms with Crippen molar-refractivity contribution in [3.63, 3.8) is 0 Å². The van der Waals surface area contributed by atoms with E-state index >= 15 is 0 Å². The van der Waals surface area contributed by atoms with Crippen LogP contribution in [0.15, 0.2) is 54.0 Å². The molecule has 4 rings (SSSR count). The lowest BCUT2D eigenvalue weighted by Crippen LogP contribution is -2.45. The number of nitrogens with one attached hydrogen (secondary N) is 1. The molecule has 0 bridgehead atoms. The Kier molecular flexibility index (Phi) is 6.15. The van der Waals surface area contributed by atoms with Crippen molar-refractivity contribution < 1.29 is 14.7 Å². The Balaban J connectivity index is 1.42. The number of nitrogens with zero attached hydrogens (tertiary/aromatic N) is 2. The van der Waals surface area contributed by atoms with E-state index in [9.17, 15) is 14.7 Å². The number of aromatic nitrogens is 1. The molecular formula is C24H25N3O3S.